The van der Waals surface area contributed by atoms with Crippen LogP contribution in [0.3, 0.4) is 0 Å². The summed E-state index contributed by atoms with van der Waals surface area (Å²) in [6.07, 6.45) is -0.412. The van der Waals surface area contributed by atoms with E-state index < -0.39 is 6.10 Å². The molecule has 4 aromatic rings. The first-order valence-corrected chi connectivity index (χ1v) is 10.5. The number of ether oxygens (including phenoxy) is 2. The first-order chi connectivity index (χ1) is 13.7. The summed E-state index contributed by atoms with van der Waals surface area (Å²) in [5.74, 6) is 4.09. The zero-order valence-corrected chi connectivity index (χ0v) is 16.5. The summed E-state index contributed by atoms with van der Waals surface area (Å²) < 4.78 is 23.0. The molecule has 1 unspecified atom stereocenters. The fraction of sp³-hybridized carbons (Fsp3) is 0.211. The third-order valence-electron chi connectivity index (χ3n) is 4.05. The van der Waals surface area contributed by atoms with E-state index in [1.807, 2.05) is 48.7 Å². The molecule has 4 heterocycles. The van der Waals surface area contributed by atoms with E-state index in [0.29, 0.717) is 29.2 Å². The Morgan fingerprint density at radius 1 is 1.11 bits per heavy atom. The molecule has 1 atom stereocenters. The molecule has 0 N–H and O–H groups in total. The third kappa shape index (κ3) is 3.50. The van der Waals surface area contributed by atoms with Gasteiger partial charge in [-0.15, -0.1) is 21.5 Å². The monoisotopic (exact) mass is 413 g/mol. The van der Waals surface area contributed by atoms with Crippen LogP contribution in [0.25, 0.3) is 10.8 Å². The van der Waals surface area contributed by atoms with Crippen molar-refractivity contribution in [2.75, 3.05) is 6.61 Å². The van der Waals surface area contributed by atoms with E-state index in [1.165, 1.54) is 11.8 Å². The molecule has 0 saturated carbocycles. The van der Waals surface area contributed by atoms with Gasteiger partial charge in [-0.1, -0.05) is 23.9 Å². The number of para-hydroxylation sites is 2. The van der Waals surface area contributed by atoms with Gasteiger partial charge in [-0.2, -0.15) is 0 Å². The van der Waals surface area contributed by atoms with Crippen molar-refractivity contribution in [3.63, 3.8) is 0 Å². The summed E-state index contributed by atoms with van der Waals surface area (Å²) in [4.78, 5) is 4.60. The molecule has 0 spiro atoms. The molecule has 9 heteroatoms. The summed E-state index contributed by atoms with van der Waals surface area (Å²) in [5, 5.41) is 11.5. The van der Waals surface area contributed by atoms with Crippen LogP contribution in [0.5, 0.6) is 11.5 Å². The lowest BCUT2D eigenvalue weighted by molar-refractivity contribution is 0.0686. The minimum atomic E-state index is -0.412. The molecular formula is C19H15N3O4S2. The summed E-state index contributed by atoms with van der Waals surface area (Å²) >= 11 is 2.99. The molecule has 0 amide bonds. The highest BCUT2D eigenvalue weighted by atomic mass is 32.2. The smallest absolute Gasteiger partial charge is 0.277 e. The predicted molar refractivity (Wildman–Crippen MR) is 104 cm³/mol. The molecule has 142 valence electrons. The first kappa shape index (κ1) is 17.3. The number of nitrogens with zero attached hydrogens (tertiary/aromatic N) is 3. The van der Waals surface area contributed by atoms with Crippen LogP contribution in [0.4, 0.5) is 0 Å². The molecule has 1 aliphatic rings. The molecule has 28 heavy (non-hydrogen) atoms. The largest absolute Gasteiger partial charge is 0.485 e. The van der Waals surface area contributed by atoms with Crippen LogP contribution in [0, 0.1) is 6.92 Å². The van der Waals surface area contributed by atoms with Crippen molar-refractivity contribution in [1.29, 1.82) is 0 Å². The minimum Gasteiger partial charge on any atom is -0.485 e. The topological polar surface area (TPSA) is 83.4 Å². The average molecular weight is 413 g/mol. The lowest BCUT2D eigenvalue weighted by Gasteiger charge is -2.23. The highest BCUT2D eigenvalue weighted by Gasteiger charge is 2.27. The Balaban J connectivity index is 1.22. The third-order valence-corrected chi connectivity index (χ3v) is 5.81. The van der Waals surface area contributed by atoms with Gasteiger partial charge in [-0.05, 0) is 31.2 Å². The van der Waals surface area contributed by atoms with E-state index in [-0.39, 0.29) is 0 Å². The molecular weight excluding hydrogens is 398 g/mol. The Morgan fingerprint density at radius 2 is 2.00 bits per heavy atom. The van der Waals surface area contributed by atoms with Crippen molar-refractivity contribution in [3.8, 4) is 22.3 Å². The Kier molecular flexibility index (Phi) is 4.53. The van der Waals surface area contributed by atoms with Crippen LogP contribution >= 0.6 is 23.1 Å². The van der Waals surface area contributed by atoms with Crippen LogP contribution < -0.4 is 9.47 Å². The average Bonchev–Trinajstić information content (AvgIpc) is 3.46. The minimum absolute atomic E-state index is 0.335. The van der Waals surface area contributed by atoms with Gasteiger partial charge >= 0.3 is 0 Å². The van der Waals surface area contributed by atoms with E-state index >= 15 is 0 Å². The van der Waals surface area contributed by atoms with E-state index in [0.717, 1.165) is 28.0 Å². The molecule has 5 rings (SSSR count). The van der Waals surface area contributed by atoms with Crippen molar-refractivity contribution in [3.05, 3.63) is 59.1 Å². The molecule has 3 aromatic heterocycles. The Bertz CT molecular complexity index is 1100. The van der Waals surface area contributed by atoms with Crippen LogP contribution in [0.15, 0.2) is 55.8 Å². The molecule has 0 saturated heterocycles. The molecule has 1 aromatic carbocycles. The maximum atomic E-state index is 5.90. The molecule has 0 fully saturated rings. The van der Waals surface area contributed by atoms with Gasteiger partial charge < -0.3 is 18.3 Å². The summed E-state index contributed by atoms with van der Waals surface area (Å²) in [6.45, 7) is 2.25. The summed E-state index contributed by atoms with van der Waals surface area (Å²) in [6, 6.07) is 11.4. The quantitative estimate of drug-likeness (QED) is 0.427. The number of furan rings is 1. The molecule has 1 aliphatic heterocycles. The molecule has 0 aliphatic carbocycles. The zero-order chi connectivity index (χ0) is 18.9. The zero-order valence-electron chi connectivity index (χ0n) is 14.8. The molecule has 0 bridgehead atoms. The van der Waals surface area contributed by atoms with Crippen molar-refractivity contribution in [1.82, 2.24) is 15.2 Å². The number of thiazole rings is 1. The van der Waals surface area contributed by atoms with Crippen molar-refractivity contribution in [2.45, 2.75) is 24.0 Å². The Hall–Kier alpha value is -2.78. The number of aromatic nitrogens is 3. The van der Waals surface area contributed by atoms with Crippen LogP contribution in [-0.2, 0) is 5.75 Å². The molecule has 0 radical (unpaired) electrons. The van der Waals surface area contributed by atoms with Gasteiger partial charge in [0.25, 0.3) is 11.1 Å². The normalized spacial score (nSPS) is 15.7. The number of aryl methyl sites for hydroxylation is 1. The highest BCUT2D eigenvalue weighted by molar-refractivity contribution is 7.98. The lowest BCUT2D eigenvalue weighted by Crippen LogP contribution is -2.21. The second-order valence-electron chi connectivity index (χ2n) is 6.11. The predicted octanol–water partition coefficient (Wildman–Crippen LogP) is 4.90. The lowest BCUT2D eigenvalue weighted by atomic mass is 10.2. The summed E-state index contributed by atoms with van der Waals surface area (Å²) in [7, 11) is 0. The second-order valence-corrected chi connectivity index (χ2v) is 7.90. The number of hydrogen-bond donors (Lipinski definition) is 0. The number of thioether (sulfide) groups is 1. The van der Waals surface area contributed by atoms with Crippen molar-refractivity contribution in [2.24, 2.45) is 0 Å². The van der Waals surface area contributed by atoms with Gasteiger partial charge in [0.1, 0.15) is 12.4 Å². The van der Waals surface area contributed by atoms with Crippen molar-refractivity contribution >= 4 is 23.1 Å². The van der Waals surface area contributed by atoms with E-state index in [2.05, 4.69) is 15.2 Å². The van der Waals surface area contributed by atoms with Crippen LogP contribution in [-0.4, -0.2) is 21.8 Å². The van der Waals surface area contributed by atoms with Gasteiger partial charge in [0.05, 0.1) is 5.69 Å². The van der Waals surface area contributed by atoms with Gasteiger partial charge in [-0.3, -0.25) is 0 Å². The van der Waals surface area contributed by atoms with Crippen LogP contribution in [0.2, 0.25) is 0 Å². The number of benzene rings is 1. The number of fused-ring (bicyclic) bond motifs is 1. The Morgan fingerprint density at radius 3 is 2.86 bits per heavy atom. The highest BCUT2D eigenvalue weighted by Crippen LogP contribution is 2.36. The SMILES string of the molecule is Cc1ccc(-c2nc(CSc3nnc(C4COc5ccccc5O4)o3)cs2)o1. The summed E-state index contributed by atoms with van der Waals surface area (Å²) in [5.41, 5.74) is 0.935. The van der Waals surface area contributed by atoms with Crippen LogP contribution in [0.1, 0.15) is 23.4 Å². The fourth-order valence-electron chi connectivity index (χ4n) is 2.72. The number of rotatable bonds is 5. The maximum absolute atomic E-state index is 5.90. The maximum Gasteiger partial charge on any atom is 0.277 e. The van der Waals surface area contributed by atoms with E-state index in [9.17, 15) is 0 Å². The van der Waals surface area contributed by atoms with Gasteiger partial charge in [0.15, 0.2) is 22.3 Å². The molecule has 7 nitrogen and oxygen atoms in total. The van der Waals surface area contributed by atoms with Gasteiger partial charge in [0, 0.05) is 11.1 Å². The first-order valence-electron chi connectivity index (χ1n) is 8.60. The number of hydrogen-bond acceptors (Lipinski definition) is 9. The van der Waals surface area contributed by atoms with E-state index in [4.69, 9.17) is 18.3 Å². The second kappa shape index (κ2) is 7.33. The van der Waals surface area contributed by atoms with Gasteiger partial charge in [0.2, 0.25) is 6.10 Å². The standard InChI is InChI=1S/C19H15N3O4S2/c1-11-6-7-15(24-11)18-20-12(9-27-18)10-28-19-22-21-17(26-19)16-8-23-13-4-2-3-5-14(13)25-16/h2-7,9,16H,8,10H2,1H3. The van der Waals surface area contributed by atoms with E-state index in [1.54, 1.807) is 11.3 Å². The Labute approximate surface area is 168 Å². The fourth-order valence-corrected chi connectivity index (χ4v) is 4.27. The van der Waals surface area contributed by atoms with Gasteiger partial charge in [-0.25, -0.2) is 4.98 Å². The van der Waals surface area contributed by atoms with Crippen molar-refractivity contribution < 1.29 is 18.3 Å².